The fourth-order valence-corrected chi connectivity index (χ4v) is 5.98. The molecule has 0 saturated heterocycles. The SMILES string of the molecule is CC(=O)OC/C=C(C)/C=C/C=C(C)/C=C/C1=C(C)CCCC1(C)C.CC(=O)OC/C=C(C)/C=C/C=C(C)/C=C/C1=C(C)CCCC1(C)C. The van der Waals surface area contributed by atoms with Crippen molar-refractivity contribution in [2.45, 2.75) is 122 Å². The van der Waals surface area contributed by atoms with Crippen molar-refractivity contribution < 1.29 is 19.1 Å². The van der Waals surface area contributed by atoms with Gasteiger partial charge in [0.25, 0.3) is 0 Å². The summed E-state index contributed by atoms with van der Waals surface area (Å²) in [5.41, 5.74) is 11.2. The van der Waals surface area contributed by atoms with Crippen LogP contribution in [0, 0.1) is 10.8 Å². The number of hydrogen-bond acceptors (Lipinski definition) is 4. The zero-order chi connectivity index (χ0) is 36.3. The molecule has 0 heterocycles. The summed E-state index contributed by atoms with van der Waals surface area (Å²) in [5.74, 6) is -0.502. The summed E-state index contributed by atoms with van der Waals surface area (Å²) in [6, 6.07) is 0. The summed E-state index contributed by atoms with van der Waals surface area (Å²) in [6.45, 7) is 25.6. The van der Waals surface area contributed by atoms with Crippen molar-refractivity contribution >= 4 is 11.9 Å². The van der Waals surface area contributed by atoms with Crippen LogP contribution in [-0.4, -0.2) is 25.2 Å². The first kappa shape index (κ1) is 42.4. The van der Waals surface area contributed by atoms with Gasteiger partial charge in [-0.15, -0.1) is 0 Å². The average molecular weight is 657 g/mol. The minimum absolute atomic E-state index is 0.251. The van der Waals surface area contributed by atoms with Crippen molar-refractivity contribution in [3.05, 3.63) is 117 Å². The number of esters is 2. The molecule has 2 aliphatic rings. The Kier molecular flexibility index (Phi) is 18.8. The Morgan fingerprint density at radius 2 is 0.938 bits per heavy atom. The zero-order valence-electron chi connectivity index (χ0n) is 32.2. The molecule has 0 spiro atoms. The number of allylic oxidation sites excluding steroid dienone is 18. The second-order valence-corrected chi connectivity index (χ2v) is 14.6. The third kappa shape index (κ3) is 17.5. The quantitative estimate of drug-likeness (QED) is 0.155. The molecule has 2 rings (SSSR count). The maximum absolute atomic E-state index is 10.7. The van der Waals surface area contributed by atoms with E-state index in [1.165, 1.54) is 85.8 Å². The van der Waals surface area contributed by atoms with Gasteiger partial charge in [-0.05, 0) is 114 Å². The monoisotopic (exact) mass is 656 g/mol. The first-order chi connectivity index (χ1) is 22.4. The number of rotatable bonds is 12. The molecule has 0 unspecified atom stereocenters. The molecule has 0 aromatic carbocycles. The first-order valence-corrected chi connectivity index (χ1v) is 17.5. The van der Waals surface area contributed by atoms with Crippen molar-refractivity contribution in [3.63, 3.8) is 0 Å². The molecule has 0 aliphatic heterocycles. The minimum atomic E-state index is -0.251. The molecule has 48 heavy (non-hydrogen) atoms. The first-order valence-electron chi connectivity index (χ1n) is 17.5. The van der Waals surface area contributed by atoms with Crippen LogP contribution in [0.2, 0.25) is 0 Å². The summed E-state index contributed by atoms with van der Waals surface area (Å²) < 4.78 is 9.79. The molecular weight excluding hydrogens is 592 g/mol. The van der Waals surface area contributed by atoms with Crippen molar-refractivity contribution in [3.8, 4) is 0 Å². The molecule has 4 heteroatoms. The van der Waals surface area contributed by atoms with Crippen LogP contribution in [0.1, 0.15) is 122 Å². The van der Waals surface area contributed by atoms with Crippen LogP contribution in [0.15, 0.2) is 117 Å². The lowest BCUT2D eigenvalue weighted by Gasteiger charge is -2.33. The molecule has 0 bridgehead atoms. The van der Waals surface area contributed by atoms with E-state index in [9.17, 15) is 9.59 Å². The molecule has 264 valence electrons. The third-order valence-corrected chi connectivity index (χ3v) is 8.93. The Balaban J connectivity index is 0.000000480. The fraction of sp³-hybridized carbons (Fsp3) is 0.500. The Labute approximate surface area is 293 Å². The van der Waals surface area contributed by atoms with Crippen LogP contribution in [0.5, 0.6) is 0 Å². The second-order valence-electron chi connectivity index (χ2n) is 14.6. The summed E-state index contributed by atoms with van der Waals surface area (Å²) in [7, 11) is 0. The maximum atomic E-state index is 10.7. The average Bonchev–Trinajstić information content (AvgIpc) is 2.96. The fourth-order valence-electron chi connectivity index (χ4n) is 5.98. The molecule has 0 saturated carbocycles. The lowest BCUT2D eigenvalue weighted by molar-refractivity contribution is -0.140. The Morgan fingerprint density at radius 3 is 1.25 bits per heavy atom. The normalized spacial score (nSPS) is 19.4. The van der Waals surface area contributed by atoms with E-state index >= 15 is 0 Å². The molecule has 0 fully saturated rings. The van der Waals surface area contributed by atoms with Crippen LogP contribution in [0.25, 0.3) is 0 Å². The van der Waals surface area contributed by atoms with E-state index in [2.05, 4.69) is 91.8 Å². The molecule has 0 aromatic heterocycles. The number of hydrogen-bond donors (Lipinski definition) is 0. The Hall–Kier alpha value is -3.66. The summed E-state index contributed by atoms with van der Waals surface area (Å²) in [5, 5.41) is 0. The highest BCUT2D eigenvalue weighted by Gasteiger charge is 2.27. The van der Waals surface area contributed by atoms with E-state index in [1.54, 1.807) is 0 Å². The molecular formula is C44H64O4. The molecule has 0 atom stereocenters. The Bertz CT molecular complexity index is 1300. The van der Waals surface area contributed by atoms with Gasteiger partial charge in [-0.2, -0.15) is 0 Å². The van der Waals surface area contributed by atoms with Crippen LogP contribution in [0.3, 0.4) is 0 Å². The number of ether oxygens (including phenoxy) is 2. The molecule has 4 nitrogen and oxygen atoms in total. The molecule has 0 radical (unpaired) electrons. The van der Waals surface area contributed by atoms with Crippen LogP contribution in [0.4, 0.5) is 0 Å². The summed E-state index contributed by atoms with van der Waals surface area (Å²) >= 11 is 0. The van der Waals surface area contributed by atoms with Crippen molar-refractivity contribution in [1.29, 1.82) is 0 Å². The minimum Gasteiger partial charge on any atom is -0.462 e. The highest BCUT2D eigenvalue weighted by Crippen LogP contribution is 2.41. The Morgan fingerprint density at radius 1 is 0.583 bits per heavy atom. The van der Waals surface area contributed by atoms with E-state index in [4.69, 9.17) is 9.47 Å². The van der Waals surface area contributed by atoms with Crippen LogP contribution < -0.4 is 0 Å². The van der Waals surface area contributed by atoms with Crippen LogP contribution in [-0.2, 0) is 19.1 Å². The van der Waals surface area contributed by atoms with E-state index in [0.29, 0.717) is 13.2 Å². The van der Waals surface area contributed by atoms with Gasteiger partial charge in [-0.25, -0.2) is 0 Å². The summed E-state index contributed by atoms with van der Waals surface area (Å²) in [6.07, 6.45) is 32.7. The van der Waals surface area contributed by atoms with E-state index in [0.717, 1.165) is 11.1 Å². The third-order valence-electron chi connectivity index (χ3n) is 8.93. The van der Waals surface area contributed by atoms with Gasteiger partial charge in [0.2, 0.25) is 0 Å². The molecule has 0 N–H and O–H groups in total. The maximum Gasteiger partial charge on any atom is 0.302 e. The van der Waals surface area contributed by atoms with Gasteiger partial charge in [-0.1, -0.05) is 122 Å². The molecule has 2 aliphatic carbocycles. The van der Waals surface area contributed by atoms with Gasteiger partial charge >= 0.3 is 11.9 Å². The van der Waals surface area contributed by atoms with E-state index in [1.807, 2.05) is 50.3 Å². The van der Waals surface area contributed by atoms with Gasteiger partial charge in [0.1, 0.15) is 13.2 Å². The van der Waals surface area contributed by atoms with Gasteiger partial charge in [0, 0.05) is 13.8 Å². The highest BCUT2D eigenvalue weighted by atomic mass is 16.5. The van der Waals surface area contributed by atoms with Crippen molar-refractivity contribution in [2.75, 3.05) is 13.2 Å². The topological polar surface area (TPSA) is 52.6 Å². The second kappa shape index (κ2) is 21.3. The lowest BCUT2D eigenvalue weighted by atomic mass is 9.72. The van der Waals surface area contributed by atoms with Gasteiger partial charge < -0.3 is 9.47 Å². The van der Waals surface area contributed by atoms with Crippen molar-refractivity contribution in [1.82, 2.24) is 0 Å². The predicted octanol–water partition coefficient (Wildman–Crippen LogP) is 12.2. The lowest BCUT2D eigenvalue weighted by Crippen LogP contribution is -2.19. The standard InChI is InChI=1S/2C22H32O2/c2*1-17(9-7-10-18(2)14-16-24-20(4)23)12-13-21-19(3)11-8-15-22(21,5)6/h2*7,9-10,12-14H,8,11,15-16H2,1-6H3/b2*10-7+,13-12+,17-9+,18-14+. The highest BCUT2D eigenvalue weighted by molar-refractivity contribution is 5.66. The smallest absolute Gasteiger partial charge is 0.302 e. The van der Waals surface area contributed by atoms with E-state index in [-0.39, 0.29) is 22.8 Å². The predicted molar refractivity (Wildman–Crippen MR) is 206 cm³/mol. The van der Waals surface area contributed by atoms with Gasteiger partial charge in [-0.3, -0.25) is 9.59 Å². The largest absolute Gasteiger partial charge is 0.462 e. The molecule has 0 amide bonds. The van der Waals surface area contributed by atoms with Gasteiger partial charge in [0.15, 0.2) is 0 Å². The zero-order valence-corrected chi connectivity index (χ0v) is 32.2. The van der Waals surface area contributed by atoms with Crippen LogP contribution >= 0.6 is 0 Å². The summed E-state index contributed by atoms with van der Waals surface area (Å²) in [4.78, 5) is 21.4. The van der Waals surface area contributed by atoms with Crippen molar-refractivity contribution in [2.24, 2.45) is 10.8 Å². The van der Waals surface area contributed by atoms with E-state index < -0.39 is 0 Å². The number of carbonyl (C=O) groups is 2. The molecule has 0 aromatic rings. The van der Waals surface area contributed by atoms with Gasteiger partial charge in [0.05, 0.1) is 0 Å². The number of carbonyl (C=O) groups excluding carboxylic acids is 2.